The van der Waals surface area contributed by atoms with Crippen LogP contribution in [0.3, 0.4) is 0 Å². The van der Waals surface area contributed by atoms with E-state index in [1.54, 1.807) is 6.92 Å². The van der Waals surface area contributed by atoms with Gasteiger partial charge in [-0.15, -0.1) is 11.3 Å². The van der Waals surface area contributed by atoms with Crippen molar-refractivity contribution in [2.24, 2.45) is 5.73 Å². The summed E-state index contributed by atoms with van der Waals surface area (Å²) in [6.07, 6.45) is 0. The van der Waals surface area contributed by atoms with E-state index < -0.39 is 17.5 Å². The van der Waals surface area contributed by atoms with Gasteiger partial charge in [-0.1, -0.05) is 0 Å². The summed E-state index contributed by atoms with van der Waals surface area (Å²) in [5, 5.41) is 4.49. The monoisotopic (exact) mass is 361 g/mol. The number of nitrogens with two attached hydrogens (primary N) is 1. The first-order chi connectivity index (χ1) is 9.38. The zero-order chi connectivity index (χ0) is 14.9. The van der Waals surface area contributed by atoms with E-state index in [1.807, 2.05) is 0 Å². The number of carbonyl (C=O) groups excluding carboxylic acids is 1. The first kappa shape index (κ1) is 15.0. The predicted molar refractivity (Wildman–Crippen MR) is 76.7 cm³/mol. The second-order valence-corrected chi connectivity index (χ2v) is 5.80. The van der Waals surface area contributed by atoms with E-state index in [0.29, 0.717) is 11.1 Å². The molecule has 0 fully saturated rings. The van der Waals surface area contributed by atoms with Crippen molar-refractivity contribution in [1.82, 2.24) is 4.98 Å². The average molecular weight is 362 g/mol. The van der Waals surface area contributed by atoms with E-state index in [4.69, 9.17) is 5.73 Å². The lowest BCUT2D eigenvalue weighted by Crippen LogP contribution is -2.15. The molecule has 0 aliphatic heterocycles. The first-order valence-electron chi connectivity index (χ1n) is 5.55. The first-order valence-corrected chi connectivity index (χ1v) is 7.22. The molecule has 1 unspecified atom stereocenters. The van der Waals surface area contributed by atoms with Gasteiger partial charge in [-0.25, -0.2) is 13.8 Å². The maximum atomic E-state index is 13.6. The molecule has 0 aliphatic carbocycles. The van der Waals surface area contributed by atoms with E-state index in [-0.39, 0.29) is 21.9 Å². The minimum atomic E-state index is -0.868. The highest BCUT2D eigenvalue weighted by atomic mass is 79.9. The number of halogens is 3. The summed E-state index contributed by atoms with van der Waals surface area (Å²) in [7, 11) is 0. The zero-order valence-corrected chi connectivity index (χ0v) is 12.7. The maximum absolute atomic E-state index is 13.6. The van der Waals surface area contributed by atoms with Gasteiger partial charge >= 0.3 is 0 Å². The van der Waals surface area contributed by atoms with Crippen LogP contribution in [0.2, 0.25) is 0 Å². The highest BCUT2D eigenvalue weighted by Crippen LogP contribution is 2.27. The number of nitrogens with one attached hydrogen (secondary N) is 1. The number of aromatic nitrogens is 1. The van der Waals surface area contributed by atoms with E-state index in [9.17, 15) is 13.6 Å². The van der Waals surface area contributed by atoms with Crippen molar-refractivity contribution in [3.63, 3.8) is 0 Å². The summed E-state index contributed by atoms with van der Waals surface area (Å²) in [4.78, 5) is 16.0. The quantitative estimate of drug-likeness (QED) is 0.879. The fourth-order valence-electron chi connectivity index (χ4n) is 1.44. The van der Waals surface area contributed by atoms with Crippen molar-refractivity contribution in [2.75, 3.05) is 5.32 Å². The molecular weight excluding hydrogens is 352 g/mol. The van der Waals surface area contributed by atoms with Crippen LogP contribution < -0.4 is 11.1 Å². The fourth-order valence-corrected chi connectivity index (χ4v) is 2.71. The van der Waals surface area contributed by atoms with Crippen LogP contribution in [0.5, 0.6) is 0 Å². The summed E-state index contributed by atoms with van der Waals surface area (Å²) in [5.41, 5.74) is 5.66. The average Bonchev–Trinajstić information content (AvgIpc) is 2.83. The number of hydrogen-bond acceptors (Lipinski definition) is 4. The summed E-state index contributed by atoms with van der Waals surface area (Å²) < 4.78 is 26.7. The Hall–Kier alpha value is -1.38. The van der Waals surface area contributed by atoms with Crippen LogP contribution in [-0.2, 0) is 0 Å². The summed E-state index contributed by atoms with van der Waals surface area (Å²) >= 11 is 4.24. The Kier molecular flexibility index (Phi) is 4.46. The minimum absolute atomic E-state index is 0.117. The normalized spacial score (nSPS) is 12.2. The number of rotatable bonds is 3. The van der Waals surface area contributed by atoms with E-state index in [2.05, 4.69) is 26.2 Å². The van der Waals surface area contributed by atoms with Crippen LogP contribution in [0.1, 0.15) is 28.5 Å². The lowest BCUT2D eigenvalue weighted by atomic mass is 10.3. The molecule has 0 aliphatic rings. The van der Waals surface area contributed by atoms with Crippen molar-refractivity contribution in [3.05, 3.63) is 44.3 Å². The Bertz CT molecular complexity index is 637. The molecular formula is C12H10BrF2N3OS. The molecule has 1 aromatic carbocycles. The number of amides is 1. The van der Waals surface area contributed by atoms with Crippen molar-refractivity contribution in [3.8, 4) is 0 Å². The van der Waals surface area contributed by atoms with Gasteiger partial charge in [0.15, 0.2) is 5.82 Å². The molecule has 1 atom stereocenters. The molecule has 0 spiro atoms. The second-order valence-electron chi connectivity index (χ2n) is 4.06. The maximum Gasteiger partial charge on any atom is 0.275 e. The number of thiazole rings is 1. The Morgan fingerprint density at radius 2 is 2.20 bits per heavy atom. The van der Waals surface area contributed by atoms with Gasteiger partial charge in [0.1, 0.15) is 16.5 Å². The van der Waals surface area contributed by atoms with Crippen LogP contribution >= 0.6 is 27.3 Å². The molecule has 3 N–H and O–H groups in total. The Morgan fingerprint density at radius 1 is 1.50 bits per heavy atom. The van der Waals surface area contributed by atoms with E-state index >= 15 is 0 Å². The van der Waals surface area contributed by atoms with E-state index in [1.165, 1.54) is 16.7 Å². The highest BCUT2D eigenvalue weighted by molar-refractivity contribution is 9.10. The third kappa shape index (κ3) is 3.20. The van der Waals surface area contributed by atoms with Crippen LogP contribution in [-0.4, -0.2) is 10.9 Å². The van der Waals surface area contributed by atoms with Crippen LogP contribution in [0.25, 0.3) is 0 Å². The SMILES string of the molecule is CC(N)c1nc(C(=O)Nc2c(F)cc(F)cc2Br)cs1. The molecule has 20 heavy (non-hydrogen) atoms. The van der Waals surface area contributed by atoms with Crippen molar-refractivity contribution < 1.29 is 13.6 Å². The molecule has 1 amide bonds. The Balaban J connectivity index is 2.23. The van der Waals surface area contributed by atoms with Crippen molar-refractivity contribution in [1.29, 1.82) is 0 Å². The molecule has 4 nitrogen and oxygen atoms in total. The largest absolute Gasteiger partial charge is 0.322 e. The standard InChI is InChI=1S/C12H10BrF2N3OS/c1-5(16)12-17-9(4-20-12)11(19)18-10-7(13)2-6(14)3-8(10)15/h2-5H,16H2,1H3,(H,18,19). The predicted octanol–water partition coefficient (Wildman–Crippen LogP) is 3.46. The molecule has 8 heteroatoms. The molecule has 0 saturated heterocycles. The molecule has 106 valence electrons. The lowest BCUT2D eigenvalue weighted by Gasteiger charge is -2.07. The summed E-state index contributed by atoms with van der Waals surface area (Å²) in [5.74, 6) is -2.19. The Morgan fingerprint density at radius 3 is 2.75 bits per heavy atom. The Labute approximate surface area is 126 Å². The molecule has 2 aromatic rings. The molecule has 0 saturated carbocycles. The van der Waals surface area contributed by atoms with Gasteiger partial charge < -0.3 is 11.1 Å². The zero-order valence-electron chi connectivity index (χ0n) is 10.3. The molecule has 1 aromatic heterocycles. The molecule has 0 radical (unpaired) electrons. The fraction of sp³-hybridized carbons (Fsp3) is 0.167. The number of benzene rings is 1. The molecule has 2 rings (SSSR count). The van der Waals surface area contributed by atoms with Crippen LogP contribution in [0.4, 0.5) is 14.5 Å². The number of hydrogen-bond donors (Lipinski definition) is 2. The summed E-state index contributed by atoms with van der Waals surface area (Å²) in [6.45, 7) is 1.75. The van der Waals surface area contributed by atoms with Crippen molar-refractivity contribution >= 4 is 38.9 Å². The van der Waals surface area contributed by atoms with Gasteiger partial charge in [-0.2, -0.15) is 0 Å². The number of carbonyl (C=O) groups is 1. The smallest absolute Gasteiger partial charge is 0.275 e. The number of anilines is 1. The molecule has 0 bridgehead atoms. The third-order valence-electron chi connectivity index (χ3n) is 2.39. The minimum Gasteiger partial charge on any atom is -0.322 e. The number of nitrogens with zero attached hydrogens (tertiary/aromatic N) is 1. The topological polar surface area (TPSA) is 68.0 Å². The third-order valence-corrected chi connectivity index (χ3v) is 4.06. The van der Waals surface area contributed by atoms with Crippen LogP contribution in [0.15, 0.2) is 22.0 Å². The van der Waals surface area contributed by atoms with E-state index in [0.717, 1.165) is 6.07 Å². The van der Waals surface area contributed by atoms with Gasteiger partial charge in [0.25, 0.3) is 5.91 Å². The van der Waals surface area contributed by atoms with Crippen molar-refractivity contribution in [2.45, 2.75) is 13.0 Å². The second kappa shape index (κ2) is 5.94. The van der Waals surface area contributed by atoms with Crippen LogP contribution in [0, 0.1) is 11.6 Å². The summed E-state index contributed by atoms with van der Waals surface area (Å²) in [6, 6.07) is 1.47. The van der Waals surface area contributed by atoms with Gasteiger partial charge in [0, 0.05) is 15.9 Å². The highest BCUT2D eigenvalue weighted by Gasteiger charge is 2.17. The van der Waals surface area contributed by atoms with Gasteiger partial charge in [0.05, 0.1) is 11.7 Å². The lowest BCUT2D eigenvalue weighted by molar-refractivity contribution is 0.102. The van der Waals surface area contributed by atoms with Gasteiger partial charge in [-0.3, -0.25) is 4.79 Å². The van der Waals surface area contributed by atoms with Gasteiger partial charge in [0.2, 0.25) is 0 Å². The van der Waals surface area contributed by atoms with Gasteiger partial charge in [-0.05, 0) is 28.9 Å². The molecule has 1 heterocycles.